The molecule has 3 heteroatoms. The largest absolute Gasteiger partial charge is 0.378 e. The van der Waals surface area contributed by atoms with Crippen LogP contribution in [-0.4, -0.2) is 31.6 Å². The third kappa shape index (κ3) is 4.62. The Morgan fingerprint density at radius 3 is 2.56 bits per heavy atom. The summed E-state index contributed by atoms with van der Waals surface area (Å²) in [6.45, 7) is 2.74. The average Bonchev–Trinajstić information content (AvgIpc) is 3.12. The fourth-order valence-corrected chi connectivity index (χ4v) is 2.20. The lowest BCUT2D eigenvalue weighted by Gasteiger charge is -2.22. The smallest absolute Gasteiger partial charge is 0.135 e. The maximum atomic E-state index is 11.5. The van der Waals surface area contributed by atoms with Crippen molar-refractivity contribution in [1.29, 1.82) is 0 Å². The van der Waals surface area contributed by atoms with E-state index in [-0.39, 0.29) is 0 Å². The van der Waals surface area contributed by atoms with Crippen LogP contribution in [0, 0.1) is 5.92 Å². The number of hydrogen-bond acceptors (Lipinski definition) is 3. The number of carbonyl (C=O) groups excluding carboxylic acids is 1. The first-order valence-corrected chi connectivity index (χ1v) is 6.68. The van der Waals surface area contributed by atoms with Crippen LogP contribution in [0.15, 0.2) is 0 Å². The fraction of sp³-hybridized carbons (Fsp3) is 0.923. The quantitative estimate of drug-likeness (QED) is 0.719. The first-order valence-electron chi connectivity index (χ1n) is 6.68. The highest BCUT2D eigenvalue weighted by atomic mass is 16.5. The molecule has 0 aromatic heterocycles. The van der Waals surface area contributed by atoms with E-state index in [2.05, 4.69) is 5.32 Å². The minimum absolute atomic E-state index is 0.387. The molecule has 1 aliphatic heterocycles. The third-order valence-corrected chi connectivity index (χ3v) is 3.55. The summed E-state index contributed by atoms with van der Waals surface area (Å²) in [5.41, 5.74) is 0. The highest BCUT2D eigenvalue weighted by molar-refractivity contribution is 5.78. The molecule has 0 radical (unpaired) electrons. The molecular formula is C13H23NO2. The van der Waals surface area contributed by atoms with Crippen molar-refractivity contribution in [3.05, 3.63) is 0 Å². The Morgan fingerprint density at radius 1 is 1.12 bits per heavy atom. The molecule has 0 aromatic carbocycles. The second-order valence-corrected chi connectivity index (χ2v) is 5.09. The second kappa shape index (κ2) is 6.36. The molecular weight excluding hydrogens is 202 g/mol. The molecule has 1 aliphatic carbocycles. The predicted octanol–water partition coefficient (Wildman–Crippen LogP) is 1.90. The van der Waals surface area contributed by atoms with Crippen molar-refractivity contribution >= 4 is 5.78 Å². The van der Waals surface area contributed by atoms with E-state index >= 15 is 0 Å². The average molecular weight is 225 g/mol. The highest BCUT2D eigenvalue weighted by Gasteiger charge is 2.21. The molecule has 0 unspecified atom stereocenters. The van der Waals surface area contributed by atoms with Crippen LogP contribution in [0.25, 0.3) is 0 Å². The van der Waals surface area contributed by atoms with Crippen LogP contribution in [0.1, 0.15) is 44.9 Å². The topological polar surface area (TPSA) is 38.3 Å². The molecule has 3 nitrogen and oxygen atoms in total. The number of ketones is 1. The summed E-state index contributed by atoms with van der Waals surface area (Å²) in [5, 5.41) is 3.31. The summed E-state index contributed by atoms with van der Waals surface area (Å²) in [6, 6.07) is 0. The fourth-order valence-electron chi connectivity index (χ4n) is 2.20. The zero-order valence-electron chi connectivity index (χ0n) is 10.0. The zero-order valence-corrected chi connectivity index (χ0v) is 10.0. The van der Waals surface area contributed by atoms with E-state index in [4.69, 9.17) is 4.74 Å². The van der Waals surface area contributed by atoms with Gasteiger partial charge in [-0.3, -0.25) is 4.79 Å². The van der Waals surface area contributed by atoms with Gasteiger partial charge in [-0.25, -0.2) is 0 Å². The monoisotopic (exact) mass is 225 g/mol. The van der Waals surface area contributed by atoms with E-state index in [0.717, 1.165) is 44.7 Å². The van der Waals surface area contributed by atoms with Gasteiger partial charge in [0, 0.05) is 12.8 Å². The summed E-state index contributed by atoms with van der Waals surface area (Å²) >= 11 is 0. The Bertz CT molecular complexity index is 220. The molecule has 0 aromatic rings. The van der Waals surface area contributed by atoms with E-state index in [9.17, 15) is 4.79 Å². The van der Waals surface area contributed by atoms with Gasteiger partial charge in [0.25, 0.3) is 0 Å². The number of carbonyl (C=O) groups is 1. The molecule has 1 saturated heterocycles. The van der Waals surface area contributed by atoms with E-state index < -0.39 is 0 Å². The van der Waals surface area contributed by atoms with Crippen LogP contribution < -0.4 is 5.32 Å². The molecule has 0 spiro atoms. The maximum Gasteiger partial charge on any atom is 0.135 e. The van der Waals surface area contributed by atoms with Crippen molar-refractivity contribution in [3.8, 4) is 0 Å². The van der Waals surface area contributed by atoms with Crippen LogP contribution >= 0.6 is 0 Å². The number of Topliss-reactive ketones (excluding diaryl/α,β-unsaturated/α-hetero) is 1. The van der Waals surface area contributed by atoms with Crippen molar-refractivity contribution in [2.75, 3.05) is 19.7 Å². The molecule has 1 N–H and O–H groups in total. The number of nitrogens with one attached hydrogen (secondary N) is 1. The number of rotatable bonds is 7. The minimum Gasteiger partial charge on any atom is -0.378 e. The normalized spacial score (nSPS) is 22.2. The van der Waals surface area contributed by atoms with E-state index in [1.165, 1.54) is 12.8 Å². The van der Waals surface area contributed by atoms with Crippen LogP contribution in [0.3, 0.4) is 0 Å². The molecule has 2 rings (SSSR count). The Balaban J connectivity index is 1.47. The maximum absolute atomic E-state index is 11.5. The SMILES string of the molecule is O=C(CCOC1CCNCC1)CCC1CC1. The summed E-state index contributed by atoms with van der Waals surface area (Å²) < 4.78 is 5.72. The van der Waals surface area contributed by atoms with E-state index in [1.807, 2.05) is 0 Å². The van der Waals surface area contributed by atoms with E-state index in [1.54, 1.807) is 0 Å². The van der Waals surface area contributed by atoms with Crippen LogP contribution in [0.2, 0.25) is 0 Å². The summed E-state index contributed by atoms with van der Waals surface area (Å²) in [6.07, 6.45) is 7.78. The highest BCUT2D eigenvalue weighted by Crippen LogP contribution is 2.33. The van der Waals surface area contributed by atoms with Gasteiger partial charge in [0.05, 0.1) is 12.7 Å². The van der Waals surface area contributed by atoms with Gasteiger partial charge in [0.1, 0.15) is 5.78 Å². The number of ether oxygens (including phenoxy) is 1. The van der Waals surface area contributed by atoms with Crippen molar-refractivity contribution in [2.24, 2.45) is 5.92 Å². The van der Waals surface area contributed by atoms with Gasteiger partial charge in [-0.2, -0.15) is 0 Å². The summed E-state index contributed by atoms with van der Waals surface area (Å²) in [5.74, 6) is 1.26. The van der Waals surface area contributed by atoms with Crippen LogP contribution in [0.5, 0.6) is 0 Å². The molecule has 16 heavy (non-hydrogen) atoms. The van der Waals surface area contributed by atoms with Crippen molar-refractivity contribution in [1.82, 2.24) is 5.32 Å². The third-order valence-electron chi connectivity index (χ3n) is 3.55. The second-order valence-electron chi connectivity index (χ2n) is 5.09. The molecule has 0 atom stereocenters. The van der Waals surface area contributed by atoms with Crippen LogP contribution in [-0.2, 0) is 9.53 Å². The molecule has 2 aliphatic rings. The van der Waals surface area contributed by atoms with Crippen molar-refractivity contribution < 1.29 is 9.53 Å². The molecule has 92 valence electrons. The lowest BCUT2D eigenvalue weighted by atomic mass is 10.1. The number of hydrogen-bond donors (Lipinski definition) is 1. The summed E-state index contributed by atoms with van der Waals surface area (Å²) in [7, 11) is 0. The lowest BCUT2D eigenvalue weighted by molar-refractivity contribution is -0.120. The van der Waals surface area contributed by atoms with Gasteiger partial charge in [0.2, 0.25) is 0 Å². The van der Waals surface area contributed by atoms with Crippen molar-refractivity contribution in [2.45, 2.75) is 51.0 Å². The zero-order chi connectivity index (χ0) is 11.2. The van der Waals surface area contributed by atoms with Gasteiger partial charge < -0.3 is 10.1 Å². The molecule has 1 heterocycles. The Morgan fingerprint density at radius 2 is 1.88 bits per heavy atom. The lowest BCUT2D eigenvalue weighted by Crippen LogP contribution is -2.32. The molecule has 0 bridgehead atoms. The standard InChI is InChI=1S/C13H23NO2/c15-12(4-3-11-1-2-11)7-10-16-13-5-8-14-9-6-13/h11,13-14H,1-10H2. The summed E-state index contributed by atoms with van der Waals surface area (Å²) in [4.78, 5) is 11.5. The predicted molar refractivity (Wildman–Crippen MR) is 63.4 cm³/mol. The minimum atomic E-state index is 0.387. The van der Waals surface area contributed by atoms with Crippen LogP contribution in [0.4, 0.5) is 0 Å². The first-order chi connectivity index (χ1) is 7.84. The molecule has 0 amide bonds. The van der Waals surface area contributed by atoms with E-state index in [0.29, 0.717) is 24.9 Å². The molecule has 2 fully saturated rings. The Labute approximate surface area is 97.9 Å². The first kappa shape index (κ1) is 12.1. The van der Waals surface area contributed by atoms with Gasteiger partial charge in [0.15, 0.2) is 0 Å². The Kier molecular flexibility index (Phi) is 4.79. The number of piperidine rings is 1. The molecule has 1 saturated carbocycles. The van der Waals surface area contributed by atoms with Gasteiger partial charge in [-0.1, -0.05) is 12.8 Å². The van der Waals surface area contributed by atoms with Gasteiger partial charge in [-0.05, 0) is 38.3 Å². The van der Waals surface area contributed by atoms with Gasteiger partial charge >= 0.3 is 0 Å². The Hall–Kier alpha value is -0.410. The van der Waals surface area contributed by atoms with Gasteiger partial charge in [-0.15, -0.1) is 0 Å². The van der Waals surface area contributed by atoms with Crippen molar-refractivity contribution in [3.63, 3.8) is 0 Å².